The molecule has 2 rings (SSSR count). The highest BCUT2D eigenvalue weighted by molar-refractivity contribution is 5.21. The van der Waals surface area contributed by atoms with Crippen molar-refractivity contribution in [2.24, 2.45) is 0 Å². The second-order valence-electron chi connectivity index (χ2n) is 5.04. The van der Waals surface area contributed by atoms with Crippen LogP contribution in [0.1, 0.15) is 23.1 Å². The molecular weight excluding hydrogens is 262 g/mol. The van der Waals surface area contributed by atoms with Gasteiger partial charge in [-0.1, -0.05) is 54.6 Å². The lowest BCUT2D eigenvalue weighted by Gasteiger charge is -2.07. The van der Waals surface area contributed by atoms with Gasteiger partial charge in [0, 0.05) is 13.2 Å². The summed E-state index contributed by atoms with van der Waals surface area (Å²) in [6.45, 7) is 3.34. The molecule has 2 N–H and O–H groups in total. The van der Waals surface area contributed by atoms with E-state index in [1.54, 1.807) is 0 Å². The smallest absolute Gasteiger partial charge is 0.0716 e. The Morgan fingerprint density at radius 3 is 2.29 bits per heavy atom. The number of nitrogens with one attached hydrogen (secondary N) is 1. The quantitative estimate of drug-likeness (QED) is 0.696. The summed E-state index contributed by atoms with van der Waals surface area (Å²) in [6.07, 6.45) is 1.00. The standard InChI is InChI=1S/C18H23NO2/c20-14-17-7-9-18(10-8-17)15-21-12-4-11-19-13-16-5-2-1-3-6-16/h1-3,5-10,19-20H,4,11-15H2. The van der Waals surface area contributed by atoms with Crippen LogP contribution in [0, 0.1) is 0 Å². The molecule has 0 heterocycles. The summed E-state index contributed by atoms with van der Waals surface area (Å²) in [5.74, 6) is 0. The first-order valence-corrected chi connectivity index (χ1v) is 7.39. The Labute approximate surface area is 126 Å². The van der Waals surface area contributed by atoms with Crippen LogP contribution in [0.15, 0.2) is 54.6 Å². The predicted molar refractivity (Wildman–Crippen MR) is 84.8 cm³/mol. The lowest BCUT2D eigenvalue weighted by atomic mass is 10.1. The Kier molecular flexibility index (Phi) is 6.95. The largest absolute Gasteiger partial charge is 0.392 e. The molecule has 0 aliphatic rings. The molecule has 0 saturated carbocycles. The van der Waals surface area contributed by atoms with Crippen molar-refractivity contribution in [1.29, 1.82) is 0 Å². The molecule has 0 spiro atoms. The molecule has 3 heteroatoms. The number of aliphatic hydroxyl groups excluding tert-OH is 1. The van der Waals surface area contributed by atoms with Crippen LogP contribution in [0.25, 0.3) is 0 Å². The fourth-order valence-electron chi connectivity index (χ4n) is 2.06. The minimum atomic E-state index is 0.0915. The first kappa shape index (κ1) is 15.7. The van der Waals surface area contributed by atoms with Gasteiger partial charge in [0.1, 0.15) is 0 Å². The zero-order valence-electron chi connectivity index (χ0n) is 12.3. The van der Waals surface area contributed by atoms with Crippen molar-refractivity contribution < 1.29 is 9.84 Å². The molecule has 112 valence electrons. The molecule has 0 aliphatic carbocycles. The highest BCUT2D eigenvalue weighted by Gasteiger charge is 1.95. The van der Waals surface area contributed by atoms with E-state index in [0.717, 1.165) is 37.2 Å². The van der Waals surface area contributed by atoms with E-state index in [9.17, 15) is 0 Å². The SMILES string of the molecule is OCc1ccc(COCCCNCc2ccccc2)cc1. The van der Waals surface area contributed by atoms with Crippen molar-refractivity contribution in [2.75, 3.05) is 13.2 Å². The van der Waals surface area contributed by atoms with Crippen molar-refractivity contribution in [3.05, 3.63) is 71.3 Å². The Hall–Kier alpha value is -1.68. The van der Waals surface area contributed by atoms with E-state index in [-0.39, 0.29) is 6.61 Å². The van der Waals surface area contributed by atoms with E-state index in [2.05, 4.69) is 29.6 Å². The van der Waals surface area contributed by atoms with Gasteiger partial charge in [0.05, 0.1) is 13.2 Å². The fraction of sp³-hybridized carbons (Fsp3) is 0.333. The molecule has 3 nitrogen and oxygen atoms in total. The summed E-state index contributed by atoms with van der Waals surface area (Å²) < 4.78 is 5.64. The minimum Gasteiger partial charge on any atom is -0.392 e. The van der Waals surface area contributed by atoms with Crippen molar-refractivity contribution >= 4 is 0 Å². The third kappa shape index (κ3) is 6.08. The van der Waals surface area contributed by atoms with Gasteiger partial charge in [0.2, 0.25) is 0 Å². The molecule has 0 atom stereocenters. The molecule has 0 bridgehead atoms. The topological polar surface area (TPSA) is 41.5 Å². The third-order valence-corrected chi connectivity index (χ3v) is 3.29. The van der Waals surface area contributed by atoms with Crippen LogP contribution in [-0.4, -0.2) is 18.3 Å². The second kappa shape index (κ2) is 9.29. The van der Waals surface area contributed by atoms with Gasteiger partial charge in [0.15, 0.2) is 0 Å². The molecule has 0 saturated heterocycles. The lowest BCUT2D eigenvalue weighted by Crippen LogP contribution is -2.16. The molecule has 0 fully saturated rings. The Morgan fingerprint density at radius 2 is 1.57 bits per heavy atom. The van der Waals surface area contributed by atoms with Crippen molar-refractivity contribution in [3.8, 4) is 0 Å². The van der Waals surface area contributed by atoms with Crippen LogP contribution in [0.2, 0.25) is 0 Å². The molecule has 2 aromatic rings. The number of hydrogen-bond donors (Lipinski definition) is 2. The van der Waals surface area contributed by atoms with E-state index in [4.69, 9.17) is 9.84 Å². The molecular formula is C18H23NO2. The highest BCUT2D eigenvalue weighted by atomic mass is 16.5. The zero-order valence-corrected chi connectivity index (χ0v) is 12.3. The van der Waals surface area contributed by atoms with Crippen LogP contribution in [0.5, 0.6) is 0 Å². The fourth-order valence-corrected chi connectivity index (χ4v) is 2.06. The summed E-state index contributed by atoms with van der Waals surface area (Å²) >= 11 is 0. The molecule has 21 heavy (non-hydrogen) atoms. The third-order valence-electron chi connectivity index (χ3n) is 3.29. The second-order valence-corrected chi connectivity index (χ2v) is 5.04. The first-order valence-electron chi connectivity index (χ1n) is 7.39. The van der Waals surface area contributed by atoms with E-state index in [1.165, 1.54) is 5.56 Å². The van der Waals surface area contributed by atoms with E-state index in [0.29, 0.717) is 6.61 Å². The maximum atomic E-state index is 8.97. The van der Waals surface area contributed by atoms with Crippen LogP contribution < -0.4 is 5.32 Å². The maximum Gasteiger partial charge on any atom is 0.0716 e. The van der Waals surface area contributed by atoms with Gasteiger partial charge >= 0.3 is 0 Å². The first-order chi connectivity index (χ1) is 10.4. The summed E-state index contributed by atoms with van der Waals surface area (Å²) in [5, 5.41) is 12.4. The summed E-state index contributed by atoms with van der Waals surface area (Å²) in [5.41, 5.74) is 3.38. The van der Waals surface area contributed by atoms with Gasteiger partial charge in [-0.2, -0.15) is 0 Å². The van der Waals surface area contributed by atoms with Gasteiger partial charge in [-0.25, -0.2) is 0 Å². The monoisotopic (exact) mass is 285 g/mol. The normalized spacial score (nSPS) is 10.7. The van der Waals surface area contributed by atoms with Crippen molar-refractivity contribution in [3.63, 3.8) is 0 Å². The molecule has 2 aromatic carbocycles. The molecule has 0 amide bonds. The summed E-state index contributed by atoms with van der Waals surface area (Å²) in [4.78, 5) is 0. The van der Waals surface area contributed by atoms with Crippen LogP contribution >= 0.6 is 0 Å². The Bertz CT molecular complexity index is 496. The average molecular weight is 285 g/mol. The number of rotatable bonds is 9. The minimum absolute atomic E-state index is 0.0915. The number of benzene rings is 2. The number of hydrogen-bond acceptors (Lipinski definition) is 3. The van der Waals surface area contributed by atoms with Crippen LogP contribution in [0.3, 0.4) is 0 Å². The van der Waals surface area contributed by atoms with Crippen molar-refractivity contribution in [1.82, 2.24) is 5.32 Å². The van der Waals surface area contributed by atoms with Crippen molar-refractivity contribution in [2.45, 2.75) is 26.2 Å². The van der Waals surface area contributed by atoms with E-state index >= 15 is 0 Å². The average Bonchev–Trinajstić information content (AvgIpc) is 2.55. The summed E-state index contributed by atoms with van der Waals surface area (Å²) in [6, 6.07) is 18.3. The van der Waals surface area contributed by atoms with Gasteiger partial charge < -0.3 is 15.2 Å². The number of ether oxygens (including phenoxy) is 1. The molecule has 0 aliphatic heterocycles. The van der Waals surface area contributed by atoms with Crippen LogP contribution in [-0.2, 0) is 24.5 Å². The predicted octanol–water partition coefficient (Wildman–Crippen LogP) is 2.88. The van der Waals surface area contributed by atoms with Gasteiger partial charge in [0.25, 0.3) is 0 Å². The van der Waals surface area contributed by atoms with Gasteiger partial charge in [-0.15, -0.1) is 0 Å². The van der Waals surface area contributed by atoms with Gasteiger partial charge in [-0.05, 0) is 29.7 Å². The zero-order chi connectivity index (χ0) is 14.8. The molecule has 0 unspecified atom stereocenters. The lowest BCUT2D eigenvalue weighted by molar-refractivity contribution is 0.118. The van der Waals surface area contributed by atoms with E-state index in [1.807, 2.05) is 30.3 Å². The molecule has 0 radical (unpaired) electrons. The summed E-state index contributed by atoms with van der Waals surface area (Å²) in [7, 11) is 0. The Morgan fingerprint density at radius 1 is 0.857 bits per heavy atom. The maximum absolute atomic E-state index is 8.97. The molecule has 0 aromatic heterocycles. The van der Waals surface area contributed by atoms with Gasteiger partial charge in [-0.3, -0.25) is 0 Å². The highest BCUT2D eigenvalue weighted by Crippen LogP contribution is 2.05. The Balaban J connectivity index is 1.51. The number of aliphatic hydroxyl groups is 1. The van der Waals surface area contributed by atoms with E-state index < -0.39 is 0 Å². The van der Waals surface area contributed by atoms with Crippen LogP contribution in [0.4, 0.5) is 0 Å².